The second kappa shape index (κ2) is 36.8. The minimum absolute atomic E-state index is 0.00764. The first-order valence-electron chi connectivity index (χ1n) is 19.3. The van der Waals surface area contributed by atoms with Gasteiger partial charge in [-0.1, -0.05) is 13.3 Å². The van der Waals surface area contributed by atoms with Gasteiger partial charge in [0.05, 0.1) is 112 Å². The average Bonchev–Trinajstić information content (AvgIpc) is 3.10. The van der Waals surface area contributed by atoms with Gasteiger partial charge >= 0.3 is 6.09 Å². The van der Waals surface area contributed by atoms with E-state index in [4.69, 9.17) is 47.4 Å². The molecule has 0 saturated heterocycles. The van der Waals surface area contributed by atoms with Crippen molar-refractivity contribution in [2.75, 3.05) is 138 Å². The van der Waals surface area contributed by atoms with Crippen LogP contribution < -0.4 is 10.6 Å². The van der Waals surface area contributed by atoms with E-state index in [0.717, 1.165) is 19.3 Å². The van der Waals surface area contributed by atoms with Crippen molar-refractivity contribution in [1.29, 1.82) is 0 Å². The number of unbranched alkanes of at least 4 members (excludes halogenated alkanes) is 1. The summed E-state index contributed by atoms with van der Waals surface area (Å²) in [7, 11) is 0. The Labute approximate surface area is 318 Å². The summed E-state index contributed by atoms with van der Waals surface area (Å²) in [5.74, 6) is -0.0294. The molecule has 0 saturated carbocycles. The van der Waals surface area contributed by atoms with E-state index in [1.165, 1.54) is 0 Å². The molecule has 0 spiro atoms. The quantitative estimate of drug-likeness (QED) is 0.0881. The second-order valence-corrected chi connectivity index (χ2v) is 13.0. The molecule has 2 N–H and O–H groups in total. The number of nitrogens with zero attached hydrogens (tertiary/aromatic N) is 1. The number of hydrogen-bond donors (Lipinski definition) is 2. The number of nitrogens with one attached hydrogen (secondary N) is 2. The minimum atomic E-state index is -0.620. The highest BCUT2D eigenvalue weighted by Gasteiger charge is 2.22. The number of carbonyl (C=O) groups is 3. The predicted molar refractivity (Wildman–Crippen MR) is 200 cm³/mol. The van der Waals surface area contributed by atoms with Crippen LogP contribution in [-0.2, 0) is 57.0 Å². The zero-order valence-electron chi connectivity index (χ0n) is 33.7. The van der Waals surface area contributed by atoms with E-state index in [9.17, 15) is 14.4 Å². The van der Waals surface area contributed by atoms with E-state index >= 15 is 0 Å². The van der Waals surface area contributed by atoms with Gasteiger partial charge in [-0.15, -0.1) is 0 Å². The lowest BCUT2D eigenvalue weighted by Gasteiger charge is -2.27. The molecular formula is C37H73N3O13. The highest BCUT2D eigenvalue weighted by atomic mass is 16.6. The molecule has 0 bridgehead atoms. The highest BCUT2D eigenvalue weighted by molar-refractivity contribution is 5.76. The van der Waals surface area contributed by atoms with Gasteiger partial charge in [-0.3, -0.25) is 9.59 Å². The van der Waals surface area contributed by atoms with Crippen LogP contribution in [0.25, 0.3) is 0 Å². The van der Waals surface area contributed by atoms with Crippen LogP contribution in [0.2, 0.25) is 0 Å². The predicted octanol–water partition coefficient (Wildman–Crippen LogP) is 2.98. The topological polar surface area (TPSA) is 171 Å². The molecule has 0 radical (unpaired) electrons. The zero-order chi connectivity index (χ0) is 39.3. The fourth-order valence-corrected chi connectivity index (χ4v) is 4.19. The van der Waals surface area contributed by atoms with Gasteiger partial charge in [0, 0.05) is 45.6 Å². The molecule has 16 heteroatoms. The molecule has 0 aromatic carbocycles. The third-order valence-corrected chi connectivity index (χ3v) is 7.02. The number of ether oxygens (including phenoxy) is 10. The maximum absolute atomic E-state index is 12.7. The van der Waals surface area contributed by atoms with Crippen molar-refractivity contribution in [3.05, 3.63) is 0 Å². The fraction of sp³-hybridized carbons (Fsp3) is 0.919. The molecule has 314 valence electrons. The van der Waals surface area contributed by atoms with Crippen molar-refractivity contribution in [3.8, 4) is 0 Å². The molecule has 0 aliphatic heterocycles. The highest BCUT2D eigenvalue weighted by Crippen LogP contribution is 2.10. The van der Waals surface area contributed by atoms with Crippen LogP contribution >= 0.6 is 0 Å². The van der Waals surface area contributed by atoms with E-state index in [-0.39, 0.29) is 17.9 Å². The van der Waals surface area contributed by atoms with Gasteiger partial charge in [-0.2, -0.15) is 0 Å². The van der Waals surface area contributed by atoms with Crippen LogP contribution in [-0.4, -0.2) is 173 Å². The Bertz CT molecular complexity index is 864. The van der Waals surface area contributed by atoms with Gasteiger partial charge in [0.2, 0.25) is 11.8 Å². The first kappa shape index (κ1) is 50.9. The molecule has 16 nitrogen and oxygen atoms in total. The largest absolute Gasteiger partial charge is 0.444 e. The molecule has 1 unspecified atom stereocenters. The number of amides is 3. The Balaban J connectivity index is 3.80. The number of hydrogen-bond acceptors (Lipinski definition) is 13. The van der Waals surface area contributed by atoms with E-state index in [1.807, 2.05) is 34.6 Å². The summed E-state index contributed by atoms with van der Waals surface area (Å²) in [6.07, 6.45) is 3.18. The Morgan fingerprint density at radius 1 is 0.566 bits per heavy atom. The summed E-state index contributed by atoms with van der Waals surface area (Å²) in [5, 5.41) is 5.72. The normalized spacial score (nSPS) is 12.1. The van der Waals surface area contributed by atoms with Crippen molar-refractivity contribution in [2.24, 2.45) is 0 Å². The third-order valence-electron chi connectivity index (χ3n) is 7.02. The van der Waals surface area contributed by atoms with E-state index < -0.39 is 11.7 Å². The second-order valence-electron chi connectivity index (χ2n) is 13.0. The molecule has 0 rings (SSSR count). The molecule has 0 aromatic rings. The lowest BCUT2D eigenvalue weighted by atomic mass is 10.2. The van der Waals surface area contributed by atoms with Crippen LogP contribution in [0.1, 0.15) is 73.6 Å². The first-order chi connectivity index (χ1) is 25.6. The lowest BCUT2D eigenvalue weighted by molar-refractivity contribution is -0.123. The van der Waals surface area contributed by atoms with Crippen LogP contribution in [0, 0.1) is 0 Å². The van der Waals surface area contributed by atoms with Crippen molar-refractivity contribution >= 4 is 17.9 Å². The van der Waals surface area contributed by atoms with E-state index in [1.54, 1.807) is 4.90 Å². The van der Waals surface area contributed by atoms with Crippen molar-refractivity contribution in [1.82, 2.24) is 15.5 Å². The molecule has 0 heterocycles. The molecule has 0 aliphatic carbocycles. The Morgan fingerprint density at radius 3 is 1.32 bits per heavy atom. The summed E-state index contributed by atoms with van der Waals surface area (Å²) in [5.41, 5.74) is -0.620. The maximum Gasteiger partial charge on any atom is 0.410 e. The Morgan fingerprint density at radius 2 is 0.943 bits per heavy atom. The SMILES string of the molecule is CCCCNC(=O)CCOCCOCCOCCOCCN(CCOCCOCCOCCOCCC(=O)NCCC(C)OCC)C(=O)OC(C)(C)C. The maximum atomic E-state index is 12.7. The van der Waals surface area contributed by atoms with Crippen LogP contribution in [0.3, 0.4) is 0 Å². The molecule has 0 aromatic heterocycles. The smallest absolute Gasteiger partial charge is 0.410 e. The van der Waals surface area contributed by atoms with Crippen molar-refractivity contribution in [2.45, 2.75) is 85.4 Å². The number of rotatable bonds is 38. The Hall–Kier alpha value is -2.15. The summed E-state index contributed by atoms with van der Waals surface area (Å²) < 4.78 is 55.2. The molecule has 1 atom stereocenters. The summed E-state index contributed by atoms with van der Waals surface area (Å²) in [6.45, 7) is 20.4. The average molecular weight is 768 g/mol. The third kappa shape index (κ3) is 37.9. The minimum Gasteiger partial charge on any atom is -0.444 e. The molecular weight excluding hydrogens is 694 g/mol. The summed E-state index contributed by atoms with van der Waals surface area (Å²) in [4.78, 5) is 37.7. The molecule has 0 fully saturated rings. The van der Waals surface area contributed by atoms with Gasteiger partial charge in [-0.25, -0.2) is 4.79 Å². The molecule has 53 heavy (non-hydrogen) atoms. The molecule has 0 aliphatic rings. The zero-order valence-corrected chi connectivity index (χ0v) is 33.7. The summed E-state index contributed by atoms with van der Waals surface area (Å²) >= 11 is 0. The van der Waals surface area contributed by atoms with Gasteiger partial charge < -0.3 is 62.9 Å². The first-order valence-corrected chi connectivity index (χ1v) is 19.3. The monoisotopic (exact) mass is 768 g/mol. The Kier molecular flexibility index (Phi) is 35.3. The lowest BCUT2D eigenvalue weighted by Crippen LogP contribution is -2.40. The van der Waals surface area contributed by atoms with Gasteiger partial charge in [0.15, 0.2) is 0 Å². The van der Waals surface area contributed by atoms with Crippen molar-refractivity contribution in [3.63, 3.8) is 0 Å². The van der Waals surface area contributed by atoms with E-state index in [2.05, 4.69) is 17.6 Å². The van der Waals surface area contributed by atoms with Crippen LogP contribution in [0.4, 0.5) is 4.79 Å². The van der Waals surface area contributed by atoms with E-state index in [0.29, 0.717) is 151 Å². The van der Waals surface area contributed by atoms with Crippen molar-refractivity contribution < 1.29 is 61.8 Å². The summed E-state index contributed by atoms with van der Waals surface area (Å²) in [6, 6.07) is 0. The molecule has 3 amide bonds. The van der Waals surface area contributed by atoms with Gasteiger partial charge in [-0.05, 0) is 47.5 Å². The van der Waals surface area contributed by atoms with Gasteiger partial charge in [0.25, 0.3) is 0 Å². The number of carbonyl (C=O) groups excluding carboxylic acids is 3. The van der Waals surface area contributed by atoms with Gasteiger partial charge in [0.1, 0.15) is 5.60 Å². The van der Waals surface area contributed by atoms with Crippen LogP contribution in [0.5, 0.6) is 0 Å². The standard InChI is InChI=1S/C37H73N3O13/c1-7-9-13-38-34(41)11-17-44-21-25-48-29-31-50-27-23-46-19-15-40(36(43)53-37(4,5)6)16-20-47-24-28-51-32-30-49-26-22-45-18-12-35(42)39-14-10-33(3)52-8-2/h33H,7-32H2,1-6H3,(H,38,41)(H,39,42). The fourth-order valence-electron chi connectivity index (χ4n) is 4.19. The van der Waals surface area contributed by atoms with Crippen LogP contribution in [0.15, 0.2) is 0 Å².